The van der Waals surface area contributed by atoms with Crippen molar-refractivity contribution in [2.45, 2.75) is 13.5 Å². The third-order valence-electron chi connectivity index (χ3n) is 4.37. The molecule has 2 N–H and O–H groups in total. The molecule has 0 radical (unpaired) electrons. The maximum absolute atomic E-state index is 12.4. The average Bonchev–Trinajstić information content (AvgIpc) is 2.82. The van der Waals surface area contributed by atoms with Crippen molar-refractivity contribution in [1.82, 2.24) is 0 Å². The van der Waals surface area contributed by atoms with Crippen LogP contribution in [0.1, 0.15) is 28.4 Å². The molecule has 0 fully saturated rings. The van der Waals surface area contributed by atoms with Gasteiger partial charge in [0.05, 0.1) is 24.8 Å². The van der Waals surface area contributed by atoms with Gasteiger partial charge in [-0.2, -0.15) is 0 Å². The number of methoxy groups -OCH3 is 1. The van der Waals surface area contributed by atoms with E-state index in [0.717, 1.165) is 11.3 Å². The van der Waals surface area contributed by atoms with Crippen molar-refractivity contribution >= 4 is 23.4 Å². The largest absolute Gasteiger partial charge is 0.496 e. The second-order valence-corrected chi connectivity index (χ2v) is 7.03. The smallest absolute Gasteiger partial charge is 0.365 e. The number of nitrogens with zero attached hydrogens (tertiary/aromatic N) is 1. The van der Waals surface area contributed by atoms with Crippen LogP contribution in [0.15, 0.2) is 71.9 Å². The van der Waals surface area contributed by atoms with E-state index in [1.807, 2.05) is 37.3 Å². The van der Waals surface area contributed by atoms with Crippen LogP contribution in [0.5, 0.6) is 17.2 Å². The zero-order chi connectivity index (χ0) is 22.9. The zero-order valence-electron chi connectivity index (χ0n) is 17.7. The first-order valence-electron chi connectivity index (χ1n) is 9.83. The highest BCUT2D eigenvalue weighted by molar-refractivity contribution is 6.31. The summed E-state index contributed by atoms with van der Waals surface area (Å²) in [6.45, 7) is 2.81. The third-order valence-corrected chi connectivity index (χ3v) is 4.60. The first-order valence-corrected chi connectivity index (χ1v) is 10.2. The van der Waals surface area contributed by atoms with Crippen LogP contribution < -0.4 is 19.9 Å². The minimum Gasteiger partial charge on any atom is -0.496 e. The molecule has 32 heavy (non-hydrogen) atoms. The zero-order valence-corrected chi connectivity index (χ0v) is 18.5. The van der Waals surface area contributed by atoms with Gasteiger partial charge >= 0.3 is 5.97 Å². The highest BCUT2D eigenvalue weighted by atomic mass is 35.5. The standard InChI is InChI=1S/C24H23ClN2O5/c1-3-30-19-8-10-20(11-9-19)31-15-16-5-4-6-17(13-16)24(28)32-27-23(26)21-14-18(25)7-12-22(21)29-2/h4-14H,3,15H2,1-2H3,(H2,26,27). The van der Waals surface area contributed by atoms with Crippen molar-refractivity contribution < 1.29 is 23.8 Å². The summed E-state index contributed by atoms with van der Waals surface area (Å²) in [6, 6.07) is 19.1. The molecule has 7 nitrogen and oxygen atoms in total. The number of amidine groups is 1. The van der Waals surface area contributed by atoms with Crippen molar-refractivity contribution in [3.8, 4) is 17.2 Å². The first-order chi connectivity index (χ1) is 15.5. The topological polar surface area (TPSA) is 92.4 Å². The Morgan fingerprint density at radius 1 is 1.00 bits per heavy atom. The molecule has 0 aliphatic heterocycles. The summed E-state index contributed by atoms with van der Waals surface area (Å²) in [5, 5.41) is 4.18. The van der Waals surface area contributed by atoms with Gasteiger partial charge in [0.2, 0.25) is 0 Å². The predicted molar refractivity (Wildman–Crippen MR) is 123 cm³/mol. The van der Waals surface area contributed by atoms with Crippen molar-refractivity contribution in [2.24, 2.45) is 10.9 Å². The summed E-state index contributed by atoms with van der Waals surface area (Å²) in [5.41, 5.74) is 7.47. The van der Waals surface area contributed by atoms with E-state index in [1.54, 1.807) is 36.4 Å². The van der Waals surface area contributed by atoms with Gasteiger partial charge in [-0.15, -0.1) is 0 Å². The Kier molecular flexibility index (Phi) is 7.94. The molecule has 0 bridgehead atoms. The lowest BCUT2D eigenvalue weighted by molar-refractivity contribution is 0.0515. The number of hydrogen-bond acceptors (Lipinski definition) is 6. The fourth-order valence-electron chi connectivity index (χ4n) is 2.83. The molecular weight excluding hydrogens is 432 g/mol. The molecule has 0 aromatic heterocycles. The highest BCUT2D eigenvalue weighted by Crippen LogP contribution is 2.23. The van der Waals surface area contributed by atoms with Crippen LogP contribution in [0, 0.1) is 0 Å². The van der Waals surface area contributed by atoms with E-state index in [1.165, 1.54) is 7.11 Å². The molecule has 0 aliphatic rings. The van der Waals surface area contributed by atoms with E-state index in [9.17, 15) is 4.79 Å². The van der Waals surface area contributed by atoms with E-state index < -0.39 is 5.97 Å². The average molecular weight is 455 g/mol. The minimum atomic E-state index is -0.656. The van der Waals surface area contributed by atoms with E-state index >= 15 is 0 Å². The lowest BCUT2D eigenvalue weighted by Gasteiger charge is -2.09. The molecule has 0 amide bonds. The van der Waals surface area contributed by atoms with Gasteiger partial charge in [0.15, 0.2) is 5.84 Å². The minimum absolute atomic E-state index is 0.0345. The van der Waals surface area contributed by atoms with Crippen LogP contribution in [-0.2, 0) is 11.4 Å². The number of ether oxygens (including phenoxy) is 3. The van der Waals surface area contributed by atoms with Gasteiger partial charge < -0.3 is 24.8 Å². The number of oxime groups is 1. The van der Waals surface area contributed by atoms with Gasteiger partial charge in [-0.1, -0.05) is 28.9 Å². The van der Waals surface area contributed by atoms with Gasteiger partial charge in [0, 0.05) is 5.02 Å². The summed E-state index contributed by atoms with van der Waals surface area (Å²) in [6.07, 6.45) is 0. The number of carbonyl (C=O) groups excluding carboxylic acids is 1. The second-order valence-electron chi connectivity index (χ2n) is 6.59. The molecule has 8 heteroatoms. The number of rotatable bonds is 9. The Morgan fingerprint density at radius 2 is 1.72 bits per heavy atom. The Balaban J connectivity index is 1.63. The molecule has 3 aromatic carbocycles. The van der Waals surface area contributed by atoms with Crippen LogP contribution in [0.25, 0.3) is 0 Å². The lowest BCUT2D eigenvalue weighted by Crippen LogP contribution is -2.16. The van der Waals surface area contributed by atoms with Crippen molar-refractivity contribution in [1.29, 1.82) is 0 Å². The summed E-state index contributed by atoms with van der Waals surface area (Å²) in [4.78, 5) is 17.4. The molecule has 0 saturated carbocycles. The molecule has 3 rings (SSSR count). The van der Waals surface area contributed by atoms with Gasteiger partial charge in [-0.05, 0) is 67.1 Å². The maximum Gasteiger partial charge on any atom is 0.365 e. The summed E-state index contributed by atoms with van der Waals surface area (Å²) < 4.78 is 16.4. The molecular formula is C24H23ClN2O5. The Labute approximate surface area is 191 Å². The number of benzene rings is 3. The highest BCUT2D eigenvalue weighted by Gasteiger charge is 2.12. The van der Waals surface area contributed by atoms with E-state index in [4.69, 9.17) is 36.4 Å². The molecule has 0 spiro atoms. The second kappa shape index (κ2) is 11.1. The molecule has 0 atom stereocenters. The quantitative estimate of drug-likeness (QED) is 0.216. The van der Waals surface area contributed by atoms with Crippen LogP contribution in [0.3, 0.4) is 0 Å². The normalized spacial score (nSPS) is 11.0. The number of halogens is 1. The first kappa shape index (κ1) is 23.0. The van der Waals surface area contributed by atoms with Gasteiger partial charge in [0.1, 0.15) is 23.9 Å². The SMILES string of the molecule is CCOc1ccc(OCc2cccc(C(=O)O/N=C(\N)c3cc(Cl)ccc3OC)c2)cc1. The molecule has 0 unspecified atom stereocenters. The molecule has 0 saturated heterocycles. The van der Waals surface area contributed by atoms with Gasteiger partial charge in [-0.25, -0.2) is 4.79 Å². The lowest BCUT2D eigenvalue weighted by atomic mass is 10.1. The molecule has 3 aromatic rings. The maximum atomic E-state index is 12.4. The van der Waals surface area contributed by atoms with Crippen molar-refractivity contribution in [2.75, 3.05) is 13.7 Å². The summed E-state index contributed by atoms with van der Waals surface area (Å²) >= 11 is 6.00. The van der Waals surface area contributed by atoms with Gasteiger partial charge in [-0.3, -0.25) is 0 Å². The fourth-order valence-corrected chi connectivity index (χ4v) is 3.00. The summed E-state index contributed by atoms with van der Waals surface area (Å²) in [5.74, 6) is 1.23. The van der Waals surface area contributed by atoms with Crippen molar-refractivity contribution in [3.63, 3.8) is 0 Å². The van der Waals surface area contributed by atoms with Crippen LogP contribution in [-0.4, -0.2) is 25.5 Å². The van der Waals surface area contributed by atoms with E-state index in [0.29, 0.717) is 34.3 Å². The number of carbonyl (C=O) groups is 1. The van der Waals surface area contributed by atoms with Crippen LogP contribution in [0.4, 0.5) is 0 Å². The monoisotopic (exact) mass is 454 g/mol. The van der Waals surface area contributed by atoms with Gasteiger partial charge in [0.25, 0.3) is 0 Å². The van der Waals surface area contributed by atoms with E-state index in [-0.39, 0.29) is 12.4 Å². The fraction of sp³-hybridized carbons (Fsp3) is 0.167. The number of nitrogens with two attached hydrogens (primary N) is 1. The third kappa shape index (κ3) is 6.15. The Bertz CT molecular complexity index is 1100. The predicted octanol–water partition coefficient (Wildman–Crippen LogP) is 4.80. The molecule has 0 aliphatic carbocycles. The number of hydrogen-bond donors (Lipinski definition) is 1. The van der Waals surface area contributed by atoms with Crippen LogP contribution in [0.2, 0.25) is 5.02 Å². The Hall–Kier alpha value is -3.71. The summed E-state index contributed by atoms with van der Waals surface area (Å²) in [7, 11) is 1.49. The van der Waals surface area contributed by atoms with Crippen molar-refractivity contribution in [3.05, 3.63) is 88.4 Å². The molecule has 0 heterocycles. The Morgan fingerprint density at radius 3 is 2.41 bits per heavy atom. The van der Waals surface area contributed by atoms with Crippen LogP contribution >= 0.6 is 11.6 Å². The molecule has 166 valence electrons. The van der Waals surface area contributed by atoms with E-state index in [2.05, 4.69) is 5.16 Å².